The van der Waals surface area contributed by atoms with E-state index < -0.39 is 0 Å². The Morgan fingerprint density at radius 2 is 2.38 bits per heavy atom. The van der Waals surface area contributed by atoms with Gasteiger partial charge >= 0.3 is 0 Å². The number of anilines is 2. The van der Waals surface area contributed by atoms with Crippen molar-refractivity contribution in [1.29, 1.82) is 0 Å². The van der Waals surface area contributed by atoms with Crippen molar-refractivity contribution < 1.29 is 0 Å². The number of rotatable bonds is 1. The summed E-state index contributed by atoms with van der Waals surface area (Å²) in [6.07, 6.45) is 0. The van der Waals surface area contributed by atoms with Crippen LogP contribution >= 0.6 is 0 Å². The van der Waals surface area contributed by atoms with E-state index in [0.717, 1.165) is 0 Å². The number of hydrogen-bond acceptors (Lipinski definition) is 4. The minimum Gasteiger partial charge on any atom is -0.368 e. The van der Waals surface area contributed by atoms with Crippen molar-refractivity contribution in [2.75, 3.05) is 18.1 Å². The van der Waals surface area contributed by atoms with E-state index >= 15 is 0 Å². The van der Waals surface area contributed by atoms with E-state index in [-0.39, 0.29) is 0 Å². The fourth-order valence-corrected chi connectivity index (χ4v) is 0.388. The minimum atomic E-state index is 0.328. The maximum atomic E-state index is 5.18. The molecule has 5 nitrogen and oxygen atoms in total. The summed E-state index contributed by atoms with van der Waals surface area (Å²) in [5.41, 5.74) is 5.18. The first-order chi connectivity index (χ1) is 3.83. The SMILES string of the molecule is CNc1nnc(N)[nH]1. The van der Waals surface area contributed by atoms with Crippen molar-refractivity contribution in [3.63, 3.8) is 0 Å². The molecule has 0 atom stereocenters. The third kappa shape index (κ3) is 0.699. The highest BCUT2D eigenvalue weighted by molar-refractivity contribution is 5.28. The normalized spacial score (nSPS) is 9.12. The third-order valence-electron chi connectivity index (χ3n) is 0.741. The van der Waals surface area contributed by atoms with Gasteiger partial charge in [0.25, 0.3) is 0 Å². The summed E-state index contributed by atoms with van der Waals surface area (Å²) >= 11 is 0. The fourth-order valence-electron chi connectivity index (χ4n) is 0.388. The van der Waals surface area contributed by atoms with Gasteiger partial charge in [-0.2, -0.15) is 0 Å². The second kappa shape index (κ2) is 1.69. The molecule has 0 amide bonds. The zero-order valence-electron chi connectivity index (χ0n) is 4.47. The quantitative estimate of drug-likeness (QED) is 0.455. The summed E-state index contributed by atoms with van der Waals surface area (Å²) in [6, 6.07) is 0. The molecule has 0 radical (unpaired) electrons. The van der Waals surface area contributed by atoms with E-state index in [9.17, 15) is 0 Å². The molecule has 0 spiro atoms. The van der Waals surface area contributed by atoms with Crippen molar-refractivity contribution in [2.45, 2.75) is 0 Å². The highest BCUT2D eigenvalue weighted by Gasteiger charge is 1.91. The molecule has 0 aliphatic heterocycles. The molecule has 0 aromatic carbocycles. The molecule has 0 aliphatic rings. The van der Waals surface area contributed by atoms with Gasteiger partial charge < -0.3 is 11.1 Å². The van der Waals surface area contributed by atoms with E-state index in [1.54, 1.807) is 7.05 Å². The Morgan fingerprint density at radius 1 is 1.62 bits per heavy atom. The number of nitrogens with zero attached hydrogens (tertiary/aromatic N) is 2. The lowest BCUT2D eigenvalue weighted by Gasteiger charge is -1.84. The molecule has 0 aliphatic carbocycles. The highest BCUT2D eigenvalue weighted by Crippen LogP contribution is 1.94. The van der Waals surface area contributed by atoms with Crippen LogP contribution < -0.4 is 11.1 Å². The van der Waals surface area contributed by atoms with Crippen molar-refractivity contribution >= 4 is 11.9 Å². The summed E-state index contributed by atoms with van der Waals surface area (Å²) in [6.45, 7) is 0. The van der Waals surface area contributed by atoms with Crippen LogP contribution in [0.25, 0.3) is 0 Å². The number of H-pyrrole nitrogens is 1. The molecule has 4 N–H and O–H groups in total. The maximum absolute atomic E-state index is 5.18. The van der Waals surface area contributed by atoms with Gasteiger partial charge in [0, 0.05) is 7.05 Å². The standard InChI is InChI=1S/C3H7N5/c1-5-3-6-2(4)7-8-3/h1H3,(H4,4,5,6,7,8). The molecule has 8 heavy (non-hydrogen) atoms. The summed E-state index contributed by atoms with van der Waals surface area (Å²) in [7, 11) is 1.74. The van der Waals surface area contributed by atoms with Crippen LogP contribution in [0.15, 0.2) is 0 Å². The van der Waals surface area contributed by atoms with Gasteiger partial charge in [-0.1, -0.05) is 0 Å². The first-order valence-electron chi connectivity index (χ1n) is 2.19. The Hall–Kier alpha value is -1.26. The number of nitrogens with two attached hydrogens (primary N) is 1. The van der Waals surface area contributed by atoms with Crippen LogP contribution in [-0.2, 0) is 0 Å². The van der Waals surface area contributed by atoms with Crippen molar-refractivity contribution in [3.8, 4) is 0 Å². The molecule has 0 saturated carbocycles. The Balaban J connectivity index is 2.84. The molecule has 0 fully saturated rings. The number of hydrogen-bond donors (Lipinski definition) is 3. The first kappa shape index (κ1) is 4.89. The van der Waals surface area contributed by atoms with Gasteiger partial charge in [-0.15, -0.1) is 10.2 Å². The number of nitrogen functional groups attached to an aromatic ring is 1. The number of nitrogens with one attached hydrogen (secondary N) is 2. The lowest BCUT2D eigenvalue weighted by atomic mass is 11.0. The largest absolute Gasteiger partial charge is 0.368 e. The Kier molecular flexibility index (Phi) is 1.03. The smallest absolute Gasteiger partial charge is 0.223 e. The second-order valence-electron chi connectivity index (χ2n) is 1.31. The van der Waals surface area contributed by atoms with E-state index in [1.807, 2.05) is 0 Å². The van der Waals surface area contributed by atoms with Crippen LogP contribution in [0.1, 0.15) is 0 Å². The second-order valence-corrected chi connectivity index (χ2v) is 1.31. The molecular weight excluding hydrogens is 106 g/mol. The number of aromatic nitrogens is 3. The van der Waals surface area contributed by atoms with Crippen LogP contribution in [0, 0.1) is 0 Å². The van der Waals surface area contributed by atoms with Gasteiger partial charge in [0.2, 0.25) is 11.9 Å². The molecule has 5 heteroatoms. The lowest BCUT2D eigenvalue weighted by molar-refractivity contribution is 1.09. The summed E-state index contributed by atoms with van der Waals surface area (Å²) in [5.74, 6) is 0.914. The third-order valence-corrected chi connectivity index (χ3v) is 0.741. The minimum absolute atomic E-state index is 0.328. The van der Waals surface area contributed by atoms with Gasteiger partial charge in [0.05, 0.1) is 0 Å². The van der Waals surface area contributed by atoms with Crippen molar-refractivity contribution in [2.24, 2.45) is 0 Å². The van der Waals surface area contributed by atoms with E-state index in [0.29, 0.717) is 11.9 Å². The molecule has 1 rings (SSSR count). The van der Waals surface area contributed by atoms with Crippen molar-refractivity contribution in [3.05, 3.63) is 0 Å². The summed E-state index contributed by atoms with van der Waals surface area (Å²) in [5, 5.41) is 9.83. The lowest BCUT2D eigenvalue weighted by Crippen LogP contribution is -1.89. The van der Waals surface area contributed by atoms with E-state index in [2.05, 4.69) is 20.5 Å². The van der Waals surface area contributed by atoms with Gasteiger partial charge in [-0.3, -0.25) is 4.98 Å². The predicted molar refractivity (Wildman–Crippen MR) is 30.3 cm³/mol. The zero-order valence-corrected chi connectivity index (χ0v) is 4.47. The molecule has 1 aromatic heterocycles. The Morgan fingerprint density at radius 3 is 2.62 bits per heavy atom. The van der Waals surface area contributed by atoms with Gasteiger partial charge in [0.15, 0.2) is 0 Å². The van der Waals surface area contributed by atoms with Crippen LogP contribution in [0.4, 0.5) is 11.9 Å². The summed E-state index contributed by atoms with van der Waals surface area (Å²) < 4.78 is 0. The van der Waals surface area contributed by atoms with Crippen LogP contribution in [0.2, 0.25) is 0 Å². The molecule has 0 bridgehead atoms. The van der Waals surface area contributed by atoms with Gasteiger partial charge in [0.1, 0.15) is 0 Å². The van der Waals surface area contributed by atoms with E-state index in [1.165, 1.54) is 0 Å². The first-order valence-corrected chi connectivity index (χ1v) is 2.19. The molecule has 44 valence electrons. The molecule has 0 unspecified atom stereocenters. The number of aromatic amines is 1. The van der Waals surface area contributed by atoms with Crippen LogP contribution in [-0.4, -0.2) is 22.2 Å². The topological polar surface area (TPSA) is 79.6 Å². The fraction of sp³-hybridized carbons (Fsp3) is 0.333. The molecule has 0 saturated heterocycles. The Bertz CT molecular complexity index is 168. The average Bonchev–Trinajstić information content (AvgIpc) is 2.14. The zero-order chi connectivity index (χ0) is 5.98. The average molecular weight is 113 g/mol. The predicted octanol–water partition coefficient (Wildman–Crippen LogP) is -0.571. The molecule has 1 aromatic rings. The van der Waals surface area contributed by atoms with E-state index in [4.69, 9.17) is 5.73 Å². The Labute approximate surface area is 46.3 Å². The molecular formula is C3H7N5. The van der Waals surface area contributed by atoms with Gasteiger partial charge in [-0.25, -0.2) is 0 Å². The van der Waals surface area contributed by atoms with Crippen LogP contribution in [0.5, 0.6) is 0 Å². The van der Waals surface area contributed by atoms with Crippen molar-refractivity contribution in [1.82, 2.24) is 15.2 Å². The van der Waals surface area contributed by atoms with Crippen LogP contribution in [0.3, 0.4) is 0 Å². The molecule has 1 heterocycles. The van der Waals surface area contributed by atoms with Gasteiger partial charge in [-0.05, 0) is 0 Å². The summed E-state index contributed by atoms with van der Waals surface area (Å²) in [4.78, 5) is 2.67. The maximum Gasteiger partial charge on any atom is 0.223 e. The monoisotopic (exact) mass is 113 g/mol. The highest BCUT2D eigenvalue weighted by atomic mass is 15.3.